The zero-order valence-corrected chi connectivity index (χ0v) is 17.1. The quantitative estimate of drug-likeness (QED) is 0.434. The maximum Gasteiger partial charge on any atom is 0.191 e. The lowest BCUT2D eigenvalue weighted by atomic mass is 10.1. The third-order valence-corrected chi connectivity index (χ3v) is 4.53. The van der Waals surface area contributed by atoms with E-state index in [1.54, 1.807) is 6.20 Å². The molecule has 0 amide bonds. The van der Waals surface area contributed by atoms with E-state index in [9.17, 15) is 0 Å². The fourth-order valence-electron chi connectivity index (χ4n) is 2.86. The van der Waals surface area contributed by atoms with E-state index in [2.05, 4.69) is 64.0 Å². The highest BCUT2D eigenvalue weighted by molar-refractivity contribution is 5.79. The van der Waals surface area contributed by atoms with Crippen molar-refractivity contribution in [3.8, 4) is 0 Å². The predicted molar refractivity (Wildman–Crippen MR) is 116 cm³/mol. The maximum atomic E-state index is 5.80. The number of benzene rings is 2. The van der Waals surface area contributed by atoms with Gasteiger partial charge in [-0.3, -0.25) is 4.68 Å². The van der Waals surface area contributed by atoms with Gasteiger partial charge in [0.05, 0.1) is 32.0 Å². The summed E-state index contributed by atoms with van der Waals surface area (Å²) < 4.78 is 7.65. The first-order valence-electron chi connectivity index (χ1n) is 9.93. The number of rotatable bonds is 9. The van der Waals surface area contributed by atoms with Crippen LogP contribution in [0.2, 0.25) is 0 Å². The Hall–Kier alpha value is -3.12. The Bertz CT molecular complexity index is 887. The van der Waals surface area contributed by atoms with Gasteiger partial charge in [0.2, 0.25) is 0 Å². The lowest BCUT2D eigenvalue weighted by Crippen LogP contribution is -2.37. The number of aryl methyl sites for hydroxylation is 1. The van der Waals surface area contributed by atoms with E-state index in [0.717, 1.165) is 29.3 Å². The highest BCUT2D eigenvalue weighted by Gasteiger charge is 2.02. The summed E-state index contributed by atoms with van der Waals surface area (Å²) in [7, 11) is 1.94. The molecule has 0 unspecified atom stereocenters. The zero-order chi connectivity index (χ0) is 20.3. The average Bonchev–Trinajstić information content (AvgIpc) is 3.16. The van der Waals surface area contributed by atoms with Crippen LogP contribution in [0.15, 0.2) is 71.9 Å². The molecular formula is C23H29N5O. The highest BCUT2D eigenvalue weighted by Crippen LogP contribution is 2.09. The van der Waals surface area contributed by atoms with Crippen molar-refractivity contribution in [3.05, 3.63) is 89.2 Å². The van der Waals surface area contributed by atoms with E-state index in [0.29, 0.717) is 26.3 Å². The van der Waals surface area contributed by atoms with Crippen molar-refractivity contribution in [2.45, 2.75) is 33.2 Å². The average molecular weight is 392 g/mol. The van der Waals surface area contributed by atoms with E-state index < -0.39 is 0 Å². The van der Waals surface area contributed by atoms with Gasteiger partial charge < -0.3 is 15.4 Å². The largest absolute Gasteiger partial charge is 0.372 e. The first-order valence-corrected chi connectivity index (χ1v) is 9.93. The Morgan fingerprint density at radius 1 is 0.931 bits per heavy atom. The summed E-state index contributed by atoms with van der Waals surface area (Å²) >= 11 is 0. The van der Waals surface area contributed by atoms with Crippen LogP contribution < -0.4 is 10.6 Å². The lowest BCUT2D eigenvalue weighted by molar-refractivity contribution is 0.107. The SMILES string of the molecule is CCNC(=NCc1ccc(COCc2ccccc2)cc1)NCc1ccnn1C. The van der Waals surface area contributed by atoms with Gasteiger partial charge in [-0.05, 0) is 29.7 Å². The number of nitrogens with one attached hydrogen (secondary N) is 2. The van der Waals surface area contributed by atoms with Crippen molar-refractivity contribution in [2.24, 2.45) is 12.0 Å². The number of aromatic nitrogens is 2. The van der Waals surface area contributed by atoms with Crippen molar-refractivity contribution in [1.29, 1.82) is 0 Å². The van der Waals surface area contributed by atoms with Gasteiger partial charge in [-0.25, -0.2) is 4.99 Å². The maximum absolute atomic E-state index is 5.80. The Morgan fingerprint density at radius 3 is 2.28 bits per heavy atom. The second kappa shape index (κ2) is 11.0. The molecule has 3 rings (SSSR count). The number of aliphatic imine (C=N–C) groups is 1. The summed E-state index contributed by atoms with van der Waals surface area (Å²) in [6, 6.07) is 20.6. The van der Waals surface area contributed by atoms with Gasteiger partial charge in [0, 0.05) is 19.8 Å². The zero-order valence-electron chi connectivity index (χ0n) is 17.1. The minimum Gasteiger partial charge on any atom is -0.372 e. The van der Waals surface area contributed by atoms with Crippen LogP contribution in [0.5, 0.6) is 0 Å². The highest BCUT2D eigenvalue weighted by atomic mass is 16.5. The minimum atomic E-state index is 0.605. The van der Waals surface area contributed by atoms with Crippen molar-refractivity contribution < 1.29 is 4.74 Å². The molecule has 0 saturated heterocycles. The topological polar surface area (TPSA) is 63.5 Å². The van der Waals surface area contributed by atoms with Crippen molar-refractivity contribution >= 4 is 5.96 Å². The Labute approximate surface area is 172 Å². The molecule has 0 aliphatic carbocycles. The van der Waals surface area contributed by atoms with Crippen LogP contribution in [0.25, 0.3) is 0 Å². The van der Waals surface area contributed by atoms with E-state index in [-0.39, 0.29) is 0 Å². The normalized spacial score (nSPS) is 11.4. The van der Waals surface area contributed by atoms with Gasteiger partial charge in [0.15, 0.2) is 5.96 Å². The summed E-state index contributed by atoms with van der Waals surface area (Å²) in [5.41, 5.74) is 4.62. The second-order valence-electron chi connectivity index (χ2n) is 6.79. The van der Waals surface area contributed by atoms with Crippen LogP contribution in [0.4, 0.5) is 0 Å². The summed E-state index contributed by atoms with van der Waals surface area (Å²) in [5, 5.41) is 10.8. The molecule has 0 fully saturated rings. The van der Waals surface area contributed by atoms with Gasteiger partial charge in [0.1, 0.15) is 0 Å². The van der Waals surface area contributed by atoms with Crippen LogP contribution in [-0.2, 0) is 38.1 Å². The molecule has 0 saturated carbocycles. The Morgan fingerprint density at radius 2 is 1.62 bits per heavy atom. The van der Waals surface area contributed by atoms with Gasteiger partial charge in [0.25, 0.3) is 0 Å². The Kier molecular flexibility index (Phi) is 7.83. The summed E-state index contributed by atoms with van der Waals surface area (Å²) in [5.74, 6) is 0.795. The first kappa shape index (κ1) is 20.6. The number of ether oxygens (including phenoxy) is 1. The smallest absolute Gasteiger partial charge is 0.191 e. The van der Waals surface area contributed by atoms with E-state index >= 15 is 0 Å². The summed E-state index contributed by atoms with van der Waals surface area (Å²) in [6.45, 7) is 5.40. The number of hydrogen-bond donors (Lipinski definition) is 2. The third-order valence-electron chi connectivity index (χ3n) is 4.53. The minimum absolute atomic E-state index is 0.605. The molecule has 0 bridgehead atoms. The van der Waals surface area contributed by atoms with Gasteiger partial charge >= 0.3 is 0 Å². The molecule has 2 aromatic carbocycles. The molecule has 152 valence electrons. The molecule has 0 radical (unpaired) electrons. The number of guanidine groups is 1. The lowest BCUT2D eigenvalue weighted by Gasteiger charge is -2.11. The molecule has 1 heterocycles. The molecule has 29 heavy (non-hydrogen) atoms. The van der Waals surface area contributed by atoms with E-state index in [4.69, 9.17) is 4.74 Å². The van der Waals surface area contributed by atoms with E-state index in [1.807, 2.05) is 36.0 Å². The molecule has 6 nitrogen and oxygen atoms in total. The van der Waals surface area contributed by atoms with E-state index in [1.165, 1.54) is 5.56 Å². The van der Waals surface area contributed by atoms with Gasteiger partial charge in [-0.15, -0.1) is 0 Å². The first-order chi connectivity index (χ1) is 14.2. The van der Waals surface area contributed by atoms with Crippen molar-refractivity contribution in [3.63, 3.8) is 0 Å². The molecule has 6 heteroatoms. The van der Waals surface area contributed by atoms with Crippen LogP contribution in [0, 0.1) is 0 Å². The Balaban J connectivity index is 1.48. The number of hydrogen-bond acceptors (Lipinski definition) is 3. The van der Waals surface area contributed by atoms with Crippen LogP contribution >= 0.6 is 0 Å². The van der Waals surface area contributed by atoms with Crippen LogP contribution in [-0.4, -0.2) is 22.3 Å². The van der Waals surface area contributed by atoms with Crippen molar-refractivity contribution in [2.75, 3.05) is 6.54 Å². The second-order valence-corrected chi connectivity index (χ2v) is 6.79. The summed E-state index contributed by atoms with van der Waals surface area (Å²) in [6.07, 6.45) is 1.80. The van der Waals surface area contributed by atoms with Gasteiger partial charge in [-0.1, -0.05) is 54.6 Å². The van der Waals surface area contributed by atoms with Crippen LogP contribution in [0.1, 0.15) is 29.3 Å². The molecule has 3 aromatic rings. The predicted octanol–water partition coefficient (Wildman–Crippen LogP) is 3.39. The third kappa shape index (κ3) is 6.76. The molecule has 2 N–H and O–H groups in total. The van der Waals surface area contributed by atoms with Crippen molar-refractivity contribution in [1.82, 2.24) is 20.4 Å². The molecule has 0 atom stereocenters. The molecule has 0 spiro atoms. The monoisotopic (exact) mass is 391 g/mol. The standard InChI is InChI=1S/C23H29N5O/c1-3-24-23(26-16-22-13-14-27-28(22)2)25-15-19-9-11-21(12-10-19)18-29-17-20-7-5-4-6-8-20/h4-14H,3,15-18H2,1-2H3,(H2,24,25,26). The molecule has 0 aliphatic heterocycles. The molecule has 0 aliphatic rings. The molecular weight excluding hydrogens is 362 g/mol. The fourth-order valence-corrected chi connectivity index (χ4v) is 2.86. The fraction of sp³-hybridized carbons (Fsp3) is 0.304. The van der Waals surface area contributed by atoms with Crippen LogP contribution in [0.3, 0.4) is 0 Å². The van der Waals surface area contributed by atoms with Gasteiger partial charge in [-0.2, -0.15) is 5.10 Å². The molecule has 1 aromatic heterocycles. The number of nitrogens with zero attached hydrogens (tertiary/aromatic N) is 3. The summed E-state index contributed by atoms with van der Waals surface area (Å²) in [4.78, 5) is 4.68.